The minimum absolute atomic E-state index is 0.0940. The fraction of sp³-hybridized carbons (Fsp3) is 0.304. The molecule has 0 bridgehead atoms. The Kier molecular flexibility index (Phi) is 4.67. The third-order valence-electron chi connectivity index (χ3n) is 5.78. The first kappa shape index (κ1) is 18.3. The quantitative estimate of drug-likeness (QED) is 0.475. The van der Waals surface area contributed by atoms with E-state index in [1.165, 1.54) is 0 Å². The van der Waals surface area contributed by atoms with Crippen LogP contribution in [0.25, 0.3) is 0 Å². The van der Waals surface area contributed by atoms with Crippen LogP contribution in [0.1, 0.15) is 24.0 Å². The van der Waals surface area contributed by atoms with Crippen LogP contribution in [0, 0.1) is 11.3 Å². The Labute approximate surface area is 164 Å². The number of allylic oxidation sites excluding steroid dienone is 1. The maximum Gasteiger partial charge on any atom is 0.313 e. The number of esters is 1. The second-order valence-electron chi connectivity index (χ2n) is 7.93. The number of nitrogen functional groups attached to an aromatic ring is 1. The largest absolute Gasteiger partial charge is 0.465 e. The van der Waals surface area contributed by atoms with Gasteiger partial charge in [0.15, 0.2) is 0 Å². The van der Waals surface area contributed by atoms with Crippen LogP contribution < -0.4 is 11.1 Å². The predicted octanol–water partition coefficient (Wildman–Crippen LogP) is 3.50. The van der Waals surface area contributed by atoms with Gasteiger partial charge >= 0.3 is 5.97 Å². The Balaban J connectivity index is 1.41. The summed E-state index contributed by atoms with van der Waals surface area (Å²) < 4.78 is 5.34. The number of carbonyl (C=O) groups is 2. The third kappa shape index (κ3) is 3.52. The normalized spacial score (nSPS) is 23.4. The molecule has 5 nitrogen and oxygen atoms in total. The molecule has 1 amide bonds. The van der Waals surface area contributed by atoms with Crippen molar-refractivity contribution in [1.82, 2.24) is 0 Å². The molecule has 0 aromatic heterocycles. The van der Waals surface area contributed by atoms with Gasteiger partial charge in [-0.2, -0.15) is 0 Å². The molecule has 2 aliphatic rings. The Hall–Kier alpha value is -3.08. The Bertz CT molecular complexity index is 935. The van der Waals surface area contributed by atoms with Crippen LogP contribution in [0.3, 0.4) is 0 Å². The number of hydrogen-bond donors (Lipinski definition) is 2. The zero-order chi connectivity index (χ0) is 19.7. The summed E-state index contributed by atoms with van der Waals surface area (Å²) in [5, 5.41) is 2.91. The molecule has 2 aromatic carbocycles. The van der Waals surface area contributed by atoms with E-state index >= 15 is 0 Å². The van der Waals surface area contributed by atoms with E-state index in [9.17, 15) is 9.59 Å². The summed E-state index contributed by atoms with van der Waals surface area (Å²) in [5.74, 6) is 0.0318. The molecule has 2 atom stereocenters. The molecule has 3 N–H and O–H groups in total. The van der Waals surface area contributed by atoms with Crippen molar-refractivity contribution in [3.05, 3.63) is 71.8 Å². The first-order valence-electron chi connectivity index (χ1n) is 9.52. The molecule has 0 spiro atoms. The van der Waals surface area contributed by atoms with Crippen molar-refractivity contribution in [1.29, 1.82) is 0 Å². The fourth-order valence-corrected chi connectivity index (χ4v) is 4.43. The first-order chi connectivity index (χ1) is 13.4. The lowest BCUT2D eigenvalue weighted by Crippen LogP contribution is -2.31. The monoisotopic (exact) mass is 376 g/mol. The zero-order valence-corrected chi connectivity index (χ0v) is 15.7. The van der Waals surface area contributed by atoms with Gasteiger partial charge in [0, 0.05) is 17.3 Å². The van der Waals surface area contributed by atoms with E-state index in [0.717, 1.165) is 28.8 Å². The smallest absolute Gasteiger partial charge is 0.313 e. The standard InChI is InChI=1S/C23H24N2O3/c1-15-9-18-14-28-22(27)23(18,12-15)13-16-5-7-20(8-6-16)25-21(26)11-17-3-2-4-19(24)10-17/h2-8,10,18H,1,9,11-14,24H2,(H,25,26). The van der Waals surface area contributed by atoms with E-state index in [4.69, 9.17) is 10.5 Å². The average Bonchev–Trinajstić information content (AvgIpc) is 3.11. The van der Waals surface area contributed by atoms with Crippen molar-refractivity contribution in [3.63, 3.8) is 0 Å². The maximum absolute atomic E-state index is 12.4. The van der Waals surface area contributed by atoms with Crippen LogP contribution in [0.2, 0.25) is 0 Å². The van der Waals surface area contributed by atoms with Crippen molar-refractivity contribution in [2.24, 2.45) is 11.3 Å². The van der Waals surface area contributed by atoms with Gasteiger partial charge in [-0.25, -0.2) is 0 Å². The third-order valence-corrected chi connectivity index (χ3v) is 5.78. The van der Waals surface area contributed by atoms with Crippen molar-refractivity contribution < 1.29 is 14.3 Å². The van der Waals surface area contributed by atoms with Crippen molar-refractivity contribution in [2.75, 3.05) is 17.7 Å². The summed E-state index contributed by atoms with van der Waals surface area (Å²) in [5.41, 5.74) is 9.74. The number of nitrogens with two attached hydrogens (primary N) is 1. The van der Waals surface area contributed by atoms with Crippen LogP contribution in [-0.4, -0.2) is 18.5 Å². The summed E-state index contributed by atoms with van der Waals surface area (Å²) in [6, 6.07) is 15.0. The summed E-state index contributed by atoms with van der Waals surface area (Å²) >= 11 is 0. The second kappa shape index (κ2) is 7.15. The molecular weight excluding hydrogens is 352 g/mol. The molecular formula is C23H24N2O3. The van der Waals surface area contributed by atoms with Gasteiger partial charge in [0.2, 0.25) is 5.91 Å². The summed E-state index contributed by atoms with van der Waals surface area (Å²) in [7, 11) is 0. The molecule has 5 heteroatoms. The fourth-order valence-electron chi connectivity index (χ4n) is 4.43. The molecule has 4 rings (SSSR count). The SMILES string of the molecule is C=C1CC2COC(=O)C2(Cc2ccc(NC(=O)Cc3cccc(N)c3)cc2)C1. The van der Waals surface area contributed by atoms with Gasteiger partial charge in [-0.3, -0.25) is 9.59 Å². The van der Waals surface area contributed by atoms with Gasteiger partial charge in [0.1, 0.15) is 0 Å². The second-order valence-corrected chi connectivity index (χ2v) is 7.93. The number of nitrogens with one attached hydrogen (secondary N) is 1. The molecule has 1 aliphatic heterocycles. The molecule has 144 valence electrons. The summed E-state index contributed by atoms with van der Waals surface area (Å²) in [6.45, 7) is 4.58. The highest BCUT2D eigenvalue weighted by molar-refractivity contribution is 5.92. The lowest BCUT2D eigenvalue weighted by atomic mass is 9.75. The van der Waals surface area contributed by atoms with E-state index in [0.29, 0.717) is 25.1 Å². The lowest BCUT2D eigenvalue weighted by molar-refractivity contribution is -0.146. The van der Waals surface area contributed by atoms with E-state index in [-0.39, 0.29) is 24.2 Å². The number of amides is 1. The molecule has 1 saturated carbocycles. The minimum Gasteiger partial charge on any atom is -0.465 e. The highest BCUT2D eigenvalue weighted by atomic mass is 16.5. The first-order valence-corrected chi connectivity index (χ1v) is 9.52. The van der Waals surface area contributed by atoms with Gasteiger partial charge in [-0.15, -0.1) is 0 Å². The van der Waals surface area contributed by atoms with Crippen molar-refractivity contribution >= 4 is 23.3 Å². The molecule has 0 radical (unpaired) electrons. The summed E-state index contributed by atoms with van der Waals surface area (Å²) in [4.78, 5) is 24.7. The molecule has 1 aliphatic carbocycles. The molecule has 2 aromatic rings. The molecule has 2 fully saturated rings. The van der Waals surface area contributed by atoms with Crippen molar-refractivity contribution in [3.8, 4) is 0 Å². The number of carbonyl (C=O) groups excluding carboxylic acids is 2. The Morgan fingerprint density at radius 2 is 2.00 bits per heavy atom. The number of benzene rings is 2. The maximum atomic E-state index is 12.4. The topological polar surface area (TPSA) is 81.4 Å². The van der Waals surface area contributed by atoms with E-state index < -0.39 is 5.41 Å². The number of fused-ring (bicyclic) bond motifs is 1. The number of anilines is 2. The zero-order valence-electron chi connectivity index (χ0n) is 15.7. The number of cyclic esters (lactones) is 1. The van der Waals surface area contributed by atoms with Crippen LogP contribution in [0.5, 0.6) is 0 Å². The van der Waals surface area contributed by atoms with Gasteiger partial charge in [-0.1, -0.05) is 36.4 Å². The number of rotatable bonds is 5. The van der Waals surface area contributed by atoms with E-state index in [2.05, 4.69) is 11.9 Å². The van der Waals surface area contributed by atoms with Gasteiger partial charge in [-0.05, 0) is 54.7 Å². The Morgan fingerprint density at radius 1 is 1.21 bits per heavy atom. The molecule has 2 unspecified atom stereocenters. The van der Waals surface area contributed by atoms with Crippen molar-refractivity contribution in [2.45, 2.75) is 25.7 Å². The highest BCUT2D eigenvalue weighted by Crippen LogP contribution is 2.52. The lowest BCUT2D eigenvalue weighted by Gasteiger charge is -2.24. The van der Waals surface area contributed by atoms with Crippen LogP contribution in [-0.2, 0) is 27.2 Å². The van der Waals surface area contributed by atoms with Crippen LogP contribution >= 0.6 is 0 Å². The Morgan fingerprint density at radius 3 is 2.75 bits per heavy atom. The molecule has 1 heterocycles. The molecule has 1 saturated heterocycles. The molecule has 28 heavy (non-hydrogen) atoms. The predicted molar refractivity (Wildman–Crippen MR) is 109 cm³/mol. The van der Waals surface area contributed by atoms with Crippen LogP contribution in [0.4, 0.5) is 11.4 Å². The van der Waals surface area contributed by atoms with Gasteiger partial charge in [0.05, 0.1) is 18.4 Å². The number of hydrogen-bond acceptors (Lipinski definition) is 4. The van der Waals surface area contributed by atoms with E-state index in [1.807, 2.05) is 36.4 Å². The van der Waals surface area contributed by atoms with Crippen LogP contribution in [0.15, 0.2) is 60.7 Å². The van der Waals surface area contributed by atoms with Gasteiger partial charge < -0.3 is 15.8 Å². The minimum atomic E-state index is -0.463. The van der Waals surface area contributed by atoms with Gasteiger partial charge in [0.25, 0.3) is 0 Å². The summed E-state index contributed by atoms with van der Waals surface area (Å²) in [6.07, 6.45) is 2.48. The number of ether oxygens (including phenoxy) is 1. The average molecular weight is 376 g/mol. The van der Waals surface area contributed by atoms with E-state index in [1.54, 1.807) is 12.1 Å². The highest BCUT2D eigenvalue weighted by Gasteiger charge is 2.55.